The predicted molar refractivity (Wildman–Crippen MR) is 134 cm³/mol. The van der Waals surface area contributed by atoms with E-state index in [2.05, 4.69) is 0 Å². The molecule has 3 aromatic carbocycles. The summed E-state index contributed by atoms with van der Waals surface area (Å²) in [6, 6.07) is 23.2. The molecule has 5 aromatic rings. The van der Waals surface area contributed by atoms with E-state index in [0.717, 1.165) is 0 Å². The van der Waals surface area contributed by atoms with Crippen LogP contribution in [0.5, 0.6) is 11.5 Å². The van der Waals surface area contributed by atoms with E-state index in [1.807, 2.05) is 37.3 Å². The predicted octanol–water partition coefficient (Wildman–Crippen LogP) is 4.49. The highest BCUT2D eigenvalue weighted by Gasteiger charge is 2.32. The molecule has 2 heterocycles. The number of hydrogen-bond donors (Lipinski definition) is 1. The number of methoxy groups -OCH3 is 1. The molecule has 0 aliphatic carbocycles. The van der Waals surface area contributed by atoms with Crippen molar-refractivity contribution in [3.63, 3.8) is 0 Å². The molecule has 0 radical (unpaired) electrons. The van der Waals surface area contributed by atoms with Gasteiger partial charge >= 0.3 is 5.63 Å². The SMILES string of the molecule is COc1ccc([C@@H](c2c(O)c3ccccc3oc2=O)c2c(C)n(C)n(-c3ccccc3)c2=O)cc1. The molecule has 0 unspecified atom stereocenters. The summed E-state index contributed by atoms with van der Waals surface area (Å²) in [5, 5.41) is 11.7. The lowest BCUT2D eigenvalue weighted by Crippen LogP contribution is -2.24. The van der Waals surface area contributed by atoms with Crippen molar-refractivity contribution in [2.45, 2.75) is 12.8 Å². The average Bonchev–Trinajstić information content (AvgIpc) is 3.10. The van der Waals surface area contributed by atoms with Crippen LogP contribution in [0.3, 0.4) is 0 Å². The summed E-state index contributed by atoms with van der Waals surface area (Å²) >= 11 is 0. The summed E-state index contributed by atoms with van der Waals surface area (Å²) in [4.78, 5) is 27.2. The van der Waals surface area contributed by atoms with E-state index in [0.29, 0.717) is 33.6 Å². The quantitative estimate of drug-likeness (QED) is 0.384. The third kappa shape index (κ3) is 3.61. The van der Waals surface area contributed by atoms with Gasteiger partial charge in [-0.2, -0.15) is 0 Å². The maximum atomic E-state index is 13.9. The van der Waals surface area contributed by atoms with Crippen molar-refractivity contribution in [2.75, 3.05) is 7.11 Å². The Bertz CT molecular complexity index is 1640. The second-order valence-corrected chi connectivity index (χ2v) is 8.33. The van der Waals surface area contributed by atoms with Crippen molar-refractivity contribution < 1.29 is 14.3 Å². The first-order valence-corrected chi connectivity index (χ1v) is 11.1. The largest absolute Gasteiger partial charge is 0.507 e. The Kier molecular flexibility index (Phi) is 5.53. The fourth-order valence-corrected chi connectivity index (χ4v) is 4.60. The Balaban J connectivity index is 1.85. The van der Waals surface area contributed by atoms with Crippen LogP contribution in [0.4, 0.5) is 0 Å². The summed E-state index contributed by atoms with van der Waals surface area (Å²) in [7, 11) is 3.36. The van der Waals surface area contributed by atoms with E-state index in [4.69, 9.17) is 9.15 Å². The Morgan fingerprint density at radius 2 is 1.54 bits per heavy atom. The molecule has 176 valence electrons. The second-order valence-electron chi connectivity index (χ2n) is 8.33. The number of ether oxygens (including phenoxy) is 1. The van der Waals surface area contributed by atoms with Gasteiger partial charge in [0.25, 0.3) is 5.56 Å². The van der Waals surface area contributed by atoms with Gasteiger partial charge in [-0.05, 0) is 48.9 Å². The minimum atomic E-state index is -0.870. The molecule has 2 aromatic heterocycles. The van der Waals surface area contributed by atoms with E-state index < -0.39 is 11.5 Å². The second kappa shape index (κ2) is 8.68. The first-order chi connectivity index (χ1) is 16.9. The minimum absolute atomic E-state index is 0.0138. The van der Waals surface area contributed by atoms with Gasteiger partial charge in [-0.1, -0.05) is 42.5 Å². The molecule has 0 saturated carbocycles. The van der Waals surface area contributed by atoms with Gasteiger partial charge in [0.1, 0.15) is 17.1 Å². The third-order valence-electron chi connectivity index (χ3n) is 6.45. The van der Waals surface area contributed by atoms with E-state index in [9.17, 15) is 14.7 Å². The number of hydrogen-bond acceptors (Lipinski definition) is 5. The van der Waals surface area contributed by atoms with E-state index >= 15 is 0 Å². The van der Waals surface area contributed by atoms with Crippen LogP contribution in [0.15, 0.2) is 92.9 Å². The molecule has 35 heavy (non-hydrogen) atoms. The lowest BCUT2D eigenvalue weighted by Gasteiger charge is -2.18. The van der Waals surface area contributed by atoms with Crippen molar-refractivity contribution >= 4 is 11.0 Å². The van der Waals surface area contributed by atoms with E-state index in [1.165, 1.54) is 0 Å². The van der Waals surface area contributed by atoms with Gasteiger partial charge in [-0.15, -0.1) is 0 Å². The Morgan fingerprint density at radius 1 is 0.886 bits per heavy atom. The minimum Gasteiger partial charge on any atom is -0.507 e. The Morgan fingerprint density at radius 3 is 2.23 bits per heavy atom. The van der Waals surface area contributed by atoms with Crippen molar-refractivity contribution in [3.8, 4) is 17.2 Å². The molecule has 5 rings (SSSR count). The molecule has 0 spiro atoms. The third-order valence-corrected chi connectivity index (χ3v) is 6.45. The van der Waals surface area contributed by atoms with Crippen molar-refractivity contribution in [3.05, 3.63) is 122 Å². The van der Waals surface area contributed by atoms with Crippen LogP contribution in [0.1, 0.15) is 28.3 Å². The van der Waals surface area contributed by atoms with Crippen molar-refractivity contribution in [1.82, 2.24) is 9.36 Å². The van der Waals surface area contributed by atoms with Crippen LogP contribution in [-0.2, 0) is 7.05 Å². The normalized spacial score (nSPS) is 12.1. The van der Waals surface area contributed by atoms with E-state index in [1.54, 1.807) is 72.1 Å². The number of aromatic hydroxyl groups is 1. The molecule has 1 atom stereocenters. The van der Waals surface area contributed by atoms with Gasteiger partial charge in [0, 0.05) is 12.7 Å². The van der Waals surface area contributed by atoms with Gasteiger partial charge in [0.05, 0.1) is 35.2 Å². The first-order valence-electron chi connectivity index (χ1n) is 11.1. The number of fused-ring (bicyclic) bond motifs is 1. The molecule has 0 aliphatic rings. The molecule has 0 aliphatic heterocycles. The molecule has 0 fully saturated rings. The van der Waals surface area contributed by atoms with Gasteiger partial charge in [0.15, 0.2) is 0 Å². The molecule has 0 saturated heterocycles. The van der Waals surface area contributed by atoms with Crippen molar-refractivity contribution in [1.29, 1.82) is 0 Å². The van der Waals surface area contributed by atoms with Gasteiger partial charge < -0.3 is 14.3 Å². The molecular formula is C28H24N2O5. The first kappa shape index (κ1) is 22.3. The number of nitrogens with zero attached hydrogens (tertiary/aromatic N) is 2. The highest BCUT2D eigenvalue weighted by atomic mass is 16.5. The van der Waals surface area contributed by atoms with E-state index in [-0.39, 0.29) is 22.5 Å². The number of aromatic nitrogens is 2. The lowest BCUT2D eigenvalue weighted by atomic mass is 9.85. The molecule has 7 heteroatoms. The summed E-state index contributed by atoms with van der Waals surface area (Å²) in [5.74, 6) is -0.439. The number of para-hydroxylation sites is 2. The summed E-state index contributed by atoms with van der Waals surface area (Å²) in [6.45, 7) is 1.83. The molecule has 1 N–H and O–H groups in total. The fourth-order valence-electron chi connectivity index (χ4n) is 4.60. The zero-order valence-corrected chi connectivity index (χ0v) is 19.6. The average molecular weight is 469 g/mol. The van der Waals surface area contributed by atoms with Crippen LogP contribution >= 0.6 is 0 Å². The number of rotatable bonds is 5. The van der Waals surface area contributed by atoms with Gasteiger partial charge in [-0.25, -0.2) is 9.48 Å². The van der Waals surface area contributed by atoms with Crippen molar-refractivity contribution in [2.24, 2.45) is 7.05 Å². The summed E-state index contributed by atoms with van der Waals surface area (Å²) in [6.07, 6.45) is 0. The summed E-state index contributed by atoms with van der Waals surface area (Å²) in [5.41, 5.74) is 1.68. The zero-order chi connectivity index (χ0) is 24.7. The smallest absolute Gasteiger partial charge is 0.344 e. The van der Waals surface area contributed by atoms with Crippen LogP contribution < -0.4 is 15.9 Å². The summed E-state index contributed by atoms with van der Waals surface area (Å²) < 4.78 is 14.2. The van der Waals surface area contributed by atoms with Crippen LogP contribution in [-0.4, -0.2) is 21.6 Å². The van der Waals surface area contributed by atoms with Crippen LogP contribution in [0, 0.1) is 6.92 Å². The Hall–Kier alpha value is -4.52. The zero-order valence-electron chi connectivity index (χ0n) is 19.6. The topological polar surface area (TPSA) is 86.6 Å². The Labute approximate surface area is 201 Å². The highest BCUT2D eigenvalue weighted by Crippen LogP contribution is 2.39. The molecule has 0 amide bonds. The molecular weight excluding hydrogens is 444 g/mol. The highest BCUT2D eigenvalue weighted by molar-refractivity contribution is 5.84. The fraction of sp³-hybridized carbons (Fsp3) is 0.143. The molecule has 0 bridgehead atoms. The lowest BCUT2D eigenvalue weighted by molar-refractivity contribution is 0.414. The standard InChI is InChI=1S/C28H24N2O5/c1-17-23(27(32)30(29(17)2)19-9-5-4-6-10-19)24(18-13-15-20(34-3)16-14-18)25-26(31)21-11-7-8-12-22(21)35-28(25)33/h4-16,24,31H,1-3H3/t24-/m1/s1. The monoisotopic (exact) mass is 468 g/mol. The maximum Gasteiger partial charge on any atom is 0.344 e. The molecule has 7 nitrogen and oxygen atoms in total. The van der Waals surface area contributed by atoms with Crippen LogP contribution in [0.2, 0.25) is 0 Å². The van der Waals surface area contributed by atoms with Gasteiger partial charge in [0.2, 0.25) is 0 Å². The van der Waals surface area contributed by atoms with Crippen LogP contribution in [0.25, 0.3) is 16.7 Å². The number of benzene rings is 3. The van der Waals surface area contributed by atoms with Gasteiger partial charge in [-0.3, -0.25) is 9.48 Å². The maximum absolute atomic E-state index is 13.9.